The summed E-state index contributed by atoms with van der Waals surface area (Å²) in [6, 6.07) is 0. The molecule has 1 heterocycles. The molecule has 1 amide bonds. The molecule has 0 fully saturated rings. The summed E-state index contributed by atoms with van der Waals surface area (Å²) in [5.41, 5.74) is 5.92. The lowest BCUT2D eigenvalue weighted by atomic mass is 10.3. The molecule has 0 unspecified atom stereocenters. The van der Waals surface area contributed by atoms with Gasteiger partial charge in [0.05, 0.1) is 11.4 Å². The summed E-state index contributed by atoms with van der Waals surface area (Å²) in [5.74, 6) is -0.668. The number of aryl methyl sites for hydroxylation is 1. The smallest absolute Gasteiger partial charge is 0.273 e. The number of aromatic nitrogens is 2. The van der Waals surface area contributed by atoms with Gasteiger partial charge in [0.1, 0.15) is 0 Å². The largest absolute Gasteiger partial charge is 0.396 e. The van der Waals surface area contributed by atoms with E-state index in [4.69, 9.17) is 5.73 Å². The van der Waals surface area contributed by atoms with Crippen LogP contribution in [0.25, 0.3) is 0 Å². The van der Waals surface area contributed by atoms with Crippen LogP contribution >= 0.6 is 0 Å². The predicted octanol–water partition coefficient (Wildman–Crippen LogP) is -1.33. The zero-order valence-electron chi connectivity index (χ0n) is 10.3. The molecule has 1 aromatic rings. The second-order valence-electron chi connectivity index (χ2n) is 3.68. The van der Waals surface area contributed by atoms with E-state index in [0.717, 1.165) is 0 Å². The molecule has 8 nitrogen and oxygen atoms in total. The van der Waals surface area contributed by atoms with E-state index < -0.39 is 15.9 Å². The van der Waals surface area contributed by atoms with E-state index in [0.29, 0.717) is 6.54 Å². The van der Waals surface area contributed by atoms with Crippen LogP contribution in [0.5, 0.6) is 0 Å². The van der Waals surface area contributed by atoms with Crippen LogP contribution in [-0.2, 0) is 17.1 Å². The van der Waals surface area contributed by atoms with Gasteiger partial charge in [0.25, 0.3) is 5.91 Å². The number of amides is 1. The normalized spacial score (nSPS) is 11.4. The van der Waals surface area contributed by atoms with Crippen LogP contribution in [0.15, 0.2) is 6.20 Å². The average Bonchev–Trinajstić information content (AvgIpc) is 2.57. The van der Waals surface area contributed by atoms with Crippen molar-refractivity contribution in [1.29, 1.82) is 0 Å². The van der Waals surface area contributed by atoms with Gasteiger partial charge in [-0.05, 0) is 0 Å². The van der Waals surface area contributed by atoms with Crippen LogP contribution in [0.2, 0.25) is 0 Å². The van der Waals surface area contributed by atoms with Gasteiger partial charge in [0, 0.05) is 26.3 Å². The highest BCUT2D eigenvalue weighted by Crippen LogP contribution is 2.07. The number of hydrogen-bond donors (Lipinski definition) is 3. The first-order valence-electron chi connectivity index (χ1n) is 5.40. The van der Waals surface area contributed by atoms with Gasteiger partial charge in [0.15, 0.2) is 5.69 Å². The summed E-state index contributed by atoms with van der Waals surface area (Å²) in [6.45, 7) is 2.01. The maximum Gasteiger partial charge on any atom is 0.273 e. The Bertz CT molecular complexity index is 522. The third-order valence-electron chi connectivity index (χ3n) is 2.09. The number of nitrogen functional groups attached to an aromatic ring is 1. The monoisotopic (exact) mass is 275 g/mol. The van der Waals surface area contributed by atoms with Crippen molar-refractivity contribution in [1.82, 2.24) is 19.8 Å². The first kappa shape index (κ1) is 14.5. The Morgan fingerprint density at radius 3 is 2.72 bits per heavy atom. The number of carbonyl (C=O) groups is 1. The molecule has 0 aliphatic heterocycles. The van der Waals surface area contributed by atoms with E-state index in [2.05, 4.69) is 15.1 Å². The van der Waals surface area contributed by atoms with E-state index in [-0.39, 0.29) is 23.7 Å². The molecular formula is C9H17N5O3S. The molecule has 0 saturated carbocycles. The Balaban J connectivity index is 2.50. The molecule has 18 heavy (non-hydrogen) atoms. The van der Waals surface area contributed by atoms with Crippen molar-refractivity contribution in [2.75, 3.05) is 24.6 Å². The van der Waals surface area contributed by atoms with Gasteiger partial charge in [-0.1, -0.05) is 6.92 Å². The number of sulfonamides is 1. The highest BCUT2D eigenvalue weighted by Gasteiger charge is 2.15. The number of nitrogens with zero attached hydrogens (tertiary/aromatic N) is 2. The van der Waals surface area contributed by atoms with Gasteiger partial charge in [-0.15, -0.1) is 0 Å². The Hall–Kier alpha value is -1.61. The third-order valence-corrected chi connectivity index (χ3v) is 3.56. The molecule has 0 spiro atoms. The van der Waals surface area contributed by atoms with Crippen molar-refractivity contribution in [2.45, 2.75) is 6.92 Å². The molecule has 102 valence electrons. The maximum atomic E-state index is 11.6. The molecule has 0 aromatic carbocycles. The number of nitrogens with two attached hydrogens (primary N) is 1. The lowest BCUT2D eigenvalue weighted by Gasteiger charge is -2.05. The van der Waals surface area contributed by atoms with E-state index in [1.807, 2.05) is 0 Å². The van der Waals surface area contributed by atoms with Gasteiger partial charge in [-0.3, -0.25) is 9.48 Å². The molecule has 0 bridgehead atoms. The fourth-order valence-corrected chi connectivity index (χ4v) is 2.31. The molecule has 0 radical (unpaired) electrons. The third kappa shape index (κ3) is 4.00. The Kier molecular flexibility index (Phi) is 4.68. The van der Waals surface area contributed by atoms with Crippen molar-refractivity contribution < 1.29 is 13.2 Å². The molecule has 0 atom stereocenters. The topological polar surface area (TPSA) is 119 Å². The van der Waals surface area contributed by atoms with Gasteiger partial charge in [-0.25, -0.2) is 13.1 Å². The molecule has 0 saturated heterocycles. The molecule has 9 heteroatoms. The van der Waals surface area contributed by atoms with Crippen LogP contribution in [0.4, 0.5) is 5.69 Å². The van der Waals surface area contributed by atoms with Gasteiger partial charge in [-0.2, -0.15) is 5.10 Å². The zero-order chi connectivity index (χ0) is 13.8. The summed E-state index contributed by atoms with van der Waals surface area (Å²) >= 11 is 0. The van der Waals surface area contributed by atoms with E-state index in [9.17, 15) is 13.2 Å². The summed E-state index contributed by atoms with van der Waals surface area (Å²) in [5, 5.41) is 6.33. The highest BCUT2D eigenvalue weighted by molar-refractivity contribution is 7.89. The maximum absolute atomic E-state index is 11.6. The molecular weight excluding hydrogens is 258 g/mol. The average molecular weight is 275 g/mol. The van der Waals surface area contributed by atoms with Gasteiger partial charge < -0.3 is 11.1 Å². The summed E-state index contributed by atoms with van der Waals surface area (Å²) < 4.78 is 26.4. The van der Waals surface area contributed by atoms with Crippen LogP contribution in [0.3, 0.4) is 0 Å². The minimum atomic E-state index is -3.34. The zero-order valence-corrected chi connectivity index (χ0v) is 11.1. The number of rotatable bonds is 6. The fourth-order valence-electron chi connectivity index (χ4n) is 1.36. The van der Waals surface area contributed by atoms with Crippen LogP contribution in [0, 0.1) is 0 Å². The molecule has 1 aromatic heterocycles. The summed E-state index contributed by atoms with van der Waals surface area (Å²) in [6.07, 6.45) is 1.50. The quantitative estimate of drug-likeness (QED) is 0.594. The SMILES string of the molecule is CCNS(=O)(=O)CCNC(=O)c1nn(C)cc1N. The lowest BCUT2D eigenvalue weighted by molar-refractivity contribution is 0.0951. The van der Waals surface area contributed by atoms with Crippen molar-refractivity contribution in [3.8, 4) is 0 Å². The minimum Gasteiger partial charge on any atom is -0.396 e. The molecule has 0 aliphatic rings. The second kappa shape index (κ2) is 5.83. The molecule has 1 rings (SSSR count). The van der Waals surface area contributed by atoms with Crippen molar-refractivity contribution in [3.05, 3.63) is 11.9 Å². The summed E-state index contributed by atoms with van der Waals surface area (Å²) in [4.78, 5) is 11.6. The number of carbonyl (C=O) groups excluding carboxylic acids is 1. The first-order chi connectivity index (χ1) is 8.35. The number of anilines is 1. The van der Waals surface area contributed by atoms with Crippen molar-refractivity contribution >= 4 is 21.6 Å². The molecule has 4 N–H and O–H groups in total. The standard InChI is InChI=1S/C9H17N5O3S/c1-3-12-18(16,17)5-4-11-9(15)8-7(10)6-14(2)13-8/h6,12H,3-5,10H2,1-2H3,(H,11,15). The Morgan fingerprint density at radius 2 is 2.22 bits per heavy atom. The highest BCUT2D eigenvalue weighted by atomic mass is 32.2. The van der Waals surface area contributed by atoms with E-state index in [1.54, 1.807) is 14.0 Å². The van der Waals surface area contributed by atoms with E-state index >= 15 is 0 Å². The number of hydrogen-bond acceptors (Lipinski definition) is 5. The predicted molar refractivity (Wildman–Crippen MR) is 67.4 cm³/mol. The van der Waals surface area contributed by atoms with Crippen LogP contribution in [-0.4, -0.2) is 42.9 Å². The first-order valence-corrected chi connectivity index (χ1v) is 7.05. The fraction of sp³-hybridized carbons (Fsp3) is 0.556. The van der Waals surface area contributed by atoms with E-state index in [1.165, 1.54) is 10.9 Å². The van der Waals surface area contributed by atoms with Crippen molar-refractivity contribution in [2.24, 2.45) is 7.05 Å². The van der Waals surface area contributed by atoms with Gasteiger partial charge in [0.2, 0.25) is 10.0 Å². The van der Waals surface area contributed by atoms with Crippen LogP contribution < -0.4 is 15.8 Å². The van der Waals surface area contributed by atoms with Crippen molar-refractivity contribution in [3.63, 3.8) is 0 Å². The minimum absolute atomic E-state index is 0.00415. The molecule has 0 aliphatic carbocycles. The summed E-state index contributed by atoms with van der Waals surface area (Å²) in [7, 11) is -1.69. The number of nitrogens with one attached hydrogen (secondary N) is 2. The second-order valence-corrected chi connectivity index (χ2v) is 5.61. The van der Waals surface area contributed by atoms with Gasteiger partial charge >= 0.3 is 0 Å². The Labute approximate surface area is 106 Å². The van der Waals surface area contributed by atoms with Crippen LogP contribution in [0.1, 0.15) is 17.4 Å². The Morgan fingerprint density at radius 1 is 1.56 bits per heavy atom. The lowest BCUT2D eigenvalue weighted by Crippen LogP contribution is -2.34.